The zero-order valence-electron chi connectivity index (χ0n) is 22.4. The van der Waals surface area contributed by atoms with E-state index in [2.05, 4.69) is 46.9 Å². The Morgan fingerprint density at radius 3 is 2.54 bits per heavy atom. The maximum absolute atomic E-state index is 12.2. The lowest BCUT2D eigenvalue weighted by molar-refractivity contribution is 0.0827. The number of rotatable bonds is 6. The van der Waals surface area contributed by atoms with Crippen molar-refractivity contribution in [1.29, 1.82) is 0 Å². The molecule has 0 saturated carbocycles. The fourth-order valence-corrected chi connectivity index (χ4v) is 5.47. The van der Waals surface area contributed by atoms with Gasteiger partial charge >= 0.3 is 0 Å². The molecule has 1 unspecified atom stereocenters. The van der Waals surface area contributed by atoms with Gasteiger partial charge in [-0.3, -0.25) is 9.69 Å². The number of aromatic nitrogens is 5. The van der Waals surface area contributed by atoms with Crippen molar-refractivity contribution in [2.24, 2.45) is 5.92 Å². The van der Waals surface area contributed by atoms with Gasteiger partial charge in [0.25, 0.3) is 11.7 Å². The molecule has 2 saturated heterocycles. The molecule has 1 atom stereocenters. The Morgan fingerprint density at radius 1 is 1.03 bits per heavy atom. The number of nitrogen functional groups attached to an aromatic ring is 1. The second-order valence-electron chi connectivity index (χ2n) is 10.5. The molecule has 0 radical (unpaired) electrons. The SMILES string of the molecule is CN(C)C(=O)c1ccc(N2CCN(CC3CCCN(c4nc(N)n5nc(-c6ccco6)nc5n4)C3)CC2)cc1. The number of nitrogens with two attached hydrogens (primary N) is 1. The van der Waals surface area contributed by atoms with Gasteiger partial charge in [0, 0.05) is 71.2 Å². The summed E-state index contributed by atoms with van der Waals surface area (Å²) in [5, 5.41) is 4.40. The maximum Gasteiger partial charge on any atom is 0.259 e. The molecule has 1 amide bonds. The van der Waals surface area contributed by atoms with Crippen LogP contribution < -0.4 is 15.5 Å². The molecule has 0 aliphatic carbocycles. The summed E-state index contributed by atoms with van der Waals surface area (Å²) in [6.07, 6.45) is 3.85. The number of piperidine rings is 1. The van der Waals surface area contributed by atoms with Crippen LogP contribution in [0.3, 0.4) is 0 Å². The molecule has 39 heavy (non-hydrogen) atoms. The van der Waals surface area contributed by atoms with E-state index in [0.717, 1.165) is 57.8 Å². The van der Waals surface area contributed by atoms with Gasteiger partial charge in [-0.1, -0.05) is 0 Å². The van der Waals surface area contributed by atoms with Crippen molar-refractivity contribution in [3.63, 3.8) is 0 Å². The molecule has 2 fully saturated rings. The normalized spacial score (nSPS) is 18.6. The smallest absolute Gasteiger partial charge is 0.259 e. The van der Waals surface area contributed by atoms with Crippen molar-refractivity contribution in [2.45, 2.75) is 12.8 Å². The van der Waals surface area contributed by atoms with E-state index < -0.39 is 0 Å². The number of benzene rings is 1. The lowest BCUT2D eigenvalue weighted by Gasteiger charge is -2.40. The molecule has 12 nitrogen and oxygen atoms in total. The average Bonchev–Trinajstić information content (AvgIpc) is 3.64. The quantitative estimate of drug-likeness (QED) is 0.396. The summed E-state index contributed by atoms with van der Waals surface area (Å²) in [7, 11) is 3.55. The number of hydrogen-bond donors (Lipinski definition) is 1. The number of hydrogen-bond acceptors (Lipinski definition) is 10. The second-order valence-corrected chi connectivity index (χ2v) is 10.5. The molecule has 204 valence electrons. The van der Waals surface area contributed by atoms with Gasteiger partial charge in [0.05, 0.1) is 6.26 Å². The highest BCUT2D eigenvalue weighted by atomic mass is 16.3. The third kappa shape index (κ3) is 5.24. The van der Waals surface area contributed by atoms with Gasteiger partial charge in [0.2, 0.25) is 17.7 Å². The highest BCUT2D eigenvalue weighted by Gasteiger charge is 2.27. The Balaban J connectivity index is 1.06. The Morgan fingerprint density at radius 2 is 1.82 bits per heavy atom. The predicted molar refractivity (Wildman–Crippen MR) is 149 cm³/mol. The standard InChI is InChI=1S/C27H34N10O2/c1-33(2)24(38)20-7-9-21(10-8-20)35-14-12-34(13-15-35)17-19-5-3-11-36(18-19)26-30-25(28)37-27(31-26)29-23(32-37)22-6-4-16-39-22/h4,6-10,16,19H,3,5,11-15,17-18H2,1-2H3,(H2,28,29,30,31,32). The summed E-state index contributed by atoms with van der Waals surface area (Å²) < 4.78 is 6.87. The fraction of sp³-hybridized carbons (Fsp3) is 0.444. The van der Waals surface area contributed by atoms with Crippen LogP contribution in [0.15, 0.2) is 47.1 Å². The van der Waals surface area contributed by atoms with Crippen LogP contribution in [0.1, 0.15) is 23.2 Å². The first kappa shape index (κ1) is 25.1. The Bertz CT molecular complexity index is 1430. The Kier molecular flexibility index (Phi) is 6.77. The van der Waals surface area contributed by atoms with Crippen LogP contribution in [0, 0.1) is 5.92 Å². The van der Waals surface area contributed by atoms with Crippen LogP contribution in [0.25, 0.3) is 17.4 Å². The first-order valence-electron chi connectivity index (χ1n) is 13.4. The Labute approximate surface area is 227 Å². The molecular formula is C27H34N10O2. The summed E-state index contributed by atoms with van der Waals surface area (Å²) in [6, 6.07) is 11.6. The molecule has 5 heterocycles. The summed E-state index contributed by atoms with van der Waals surface area (Å²) in [4.78, 5) is 34.7. The number of fused-ring (bicyclic) bond motifs is 1. The minimum atomic E-state index is 0.0287. The van der Waals surface area contributed by atoms with Crippen molar-refractivity contribution in [2.75, 3.05) is 75.4 Å². The van der Waals surface area contributed by atoms with Crippen molar-refractivity contribution in [3.8, 4) is 11.6 Å². The zero-order valence-corrected chi connectivity index (χ0v) is 22.4. The summed E-state index contributed by atoms with van der Waals surface area (Å²) >= 11 is 0. The van der Waals surface area contributed by atoms with E-state index in [1.165, 1.54) is 16.6 Å². The monoisotopic (exact) mass is 530 g/mol. The van der Waals surface area contributed by atoms with Crippen molar-refractivity contribution in [1.82, 2.24) is 34.4 Å². The van der Waals surface area contributed by atoms with E-state index in [4.69, 9.17) is 10.2 Å². The van der Waals surface area contributed by atoms with E-state index in [-0.39, 0.29) is 11.9 Å². The van der Waals surface area contributed by atoms with E-state index in [9.17, 15) is 4.79 Å². The van der Waals surface area contributed by atoms with Crippen LogP contribution in [0.5, 0.6) is 0 Å². The molecule has 2 aliphatic heterocycles. The van der Waals surface area contributed by atoms with Gasteiger partial charge in [0.1, 0.15) is 0 Å². The number of nitrogens with zero attached hydrogens (tertiary/aromatic N) is 9. The highest BCUT2D eigenvalue weighted by Crippen LogP contribution is 2.25. The van der Waals surface area contributed by atoms with E-state index in [1.54, 1.807) is 37.4 Å². The third-order valence-electron chi connectivity index (χ3n) is 7.54. The van der Waals surface area contributed by atoms with Crippen LogP contribution in [0.2, 0.25) is 0 Å². The maximum atomic E-state index is 12.2. The largest absolute Gasteiger partial charge is 0.461 e. The lowest BCUT2D eigenvalue weighted by Crippen LogP contribution is -2.49. The minimum Gasteiger partial charge on any atom is -0.461 e. The van der Waals surface area contributed by atoms with Crippen molar-refractivity contribution < 1.29 is 9.21 Å². The lowest BCUT2D eigenvalue weighted by atomic mass is 9.97. The first-order valence-corrected chi connectivity index (χ1v) is 13.4. The second kappa shape index (κ2) is 10.5. The molecule has 2 aliphatic rings. The van der Waals surface area contributed by atoms with E-state index in [0.29, 0.717) is 29.2 Å². The summed E-state index contributed by atoms with van der Waals surface area (Å²) in [5.74, 6) is 2.84. The average molecular weight is 531 g/mol. The number of carbonyl (C=O) groups is 1. The van der Waals surface area contributed by atoms with Gasteiger partial charge in [-0.25, -0.2) is 0 Å². The van der Waals surface area contributed by atoms with E-state index >= 15 is 0 Å². The molecule has 12 heteroatoms. The third-order valence-corrected chi connectivity index (χ3v) is 7.54. The van der Waals surface area contributed by atoms with E-state index in [1.807, 2.05) is 12.1 Å². The number of piperazine rings is 1. The molecular weight excluding hydrogens is 496 g/mol. The molecule has 6 rings (SSSR count). The number of amides is 1. The molecule has 2 N–H and O–H groups in total. The molecule has 0 bridgehead atoms. The summed E-state index contributed by atoms with van der Waals surface area (Å²) in [5.41, 5.74) is 8.12. The van der Waals surface area contributed by atoms with Gasteiger partial charge in [-0.15, -0.1) is 5.10 Å². The minimum absolute atomic E-state index is 0.0287. The zero-order chi connectivity index (χ0) is 26.9. The van der Waals surface area contributed by atoms with Gasteiger partial charge in [-0.05, 0) is 55.2 Å². The predicted octanol–water partition coefficient (Wildman–Crippen LogP) is 2.10. The number of furan rings is 1. The van der Waals surface area contributed by atoms with Gasteiger partial charge in [-0.2, -0.15) is 19.5 Å². The molecule has 0 spiro atoms. The number of carbonyl (C=O) groups excluding carboxylic acids is 1. The number of anilines is 3. The first-order chi connectivity index (χ1) is 18.9. The topological polar surface area (TPSA) is 125 Å². The molecule has 1 aromatic carbocycles. The molecule has 3 aromatic heterocycles. The van der Waals surface area contributed by atoms with Crippen LogP contribution in [-0.4, -0.2) is 100 Å². The van der Waals surface area contributed by atoms with Crippen LogP contribution in [-0.2, 0) is 0 Å². The van der Waals surface area contributed by atoms with Gasteiger partial charge < -0.3 is 24.9 Å². The highest BCUT2D eigenvalue weighted by molar-refractivity contribution is 5.94. The molecule has 4 aromatic rings. The fourth-order valence-electron chi connectivity index (χ4n) is 5.47. The van der Waals surface area contributed by atoms with Gasteiger partial charge in [0.15, 0.2) is 5.76 Å². The summed E-state index contributed by atoms with van der Waals surface area (Å²) in [6.45, 7) is 6.80. The van der Waals surface area contributed by atoms with Crippen molar-refractivity contribution >= 4 is 29.3 Å². The van der Waals surface area contributed by atoms with Crippen molar-refractivity contribution in [3.05, 3.63) is 48.2 Å². The Hall–Kier alpha value is -4.19. The van der Waals surface area contributed by atoms with Crippen LogP contribution >= 0.6 is 0 Å². The van der Waals surface area contributed by atoms with Crippen LogP contribution in [0.4, 0.5) is 17.6 Å².